The molecule has 0 saturated heterocycles. The average molecular weight is 909 g/mol. The van der Waals surface area contributed by atoms with Crippen molar-refractivity contribution in [1.82, 2.24) is 0 Å². The third-order valence-corrected chi connectivity index (χ3v) is 12.1. The van der Waals surface area contributed by atoms with Crippen LogP contribution in [0.1, 0.15) is 278 Å². The molecule has 0 fully saturated rings. The van der Waals surface area contributed by atoms with Crippen LogP contribution in [-0.2, 0) is 28.6 Å². The summed E-state index contributed by atoms with van der Waals surface area (Å²) < 4.78 is 16.7. The Kier molecular flexibility index (Phi) is 51.3. The van der Waals surface area contributed by atoms with Crippen LogP contribution in [0.4, 0.5) is 0 Å². The molecule has 0 aliphatic rings. The van der Waals surface area contributed by atoms with E-state index in [1.54, 1.807) is 6.08 Å². The summed E-state index contributed by atoms with van der Waals surface area (Å²) in [4.78, 5) is 37.9. The van der Waals surface area contributed by atoms with Crippen molar-refractivity contribution in [3.63, 3.8) is 0 Å². The topological polar surface area (TPSA) is 78.9 Å². The Morgan fingerprint density at radius 2 is 0.585 bits per heavy atom. The molecule has 0 aromatic carbocycles. The van der Waals surface area contributed by atoms with Gasteiger partial charge in [0, 0.05) is 12.8 Å². The van der Waals surface area contributed by atoms with E-state index < -0.39 is 12.1 Å². The lowest BCUT2D eigenvalue weighted by atomic mass is 10.0. The van der Waals surface area contributed by atoms with Gasteiger partial charge in [0.25, 0.3) is 0 Å². The first-order valence-corrected chi connectivity index (χ1v) is 27.8. The Labute approximate surface area is 402 Å². The van der Waals surface area contributed by atoms with E-state index in [4.69, 9.17) is 14.2 Å². The molecule has 1 atom stereocenters. The van der Waals surface area contributed by atoms with Gasteiger partial charge in [0.2, 0.25) is 0 Å². The van der Waals surface area contributed by atoms with Crippen molar-refractivity contribution < 1.29 is 28.6 Å². The quantitative estimate of drug-likeness (QED) is 0.0262. The first kappa shape index (κ1) is 62.1. The number of rotatable bonds is 50. The Balaban J connectivity index is 4.32. The van der Waals surface area contributed by atoms with Crippen LogP contribution in [0.15, 0.2) is 60.8 Å². The van der Waals surface area contributed by atoms with Crippen molar-refractivity contribution in [2.24, 2.45) is 0 Å². The number of hydrogen-bond donors (Lipinski definition) is 0. The molecule has 65 heavy (non-hydrogen) atoms. The molecule has 376 valence electrons. The third-order valence-electron chi connectivity index (χ3n) is 12.1. The highest BCUT2D eigenvalue weighted by Crippen LogP contribution is 2.16. The maximum atomic E-state index is 12.7. The SMILES string of the molecule is CC/C=C\C/C=C\C/C=C\C/C=C\C/C=C\CC(=O)OC(COC(=O)CCCCCCCCCCCC)COC(=O)CCCCCCCCCCCCCCCCCCCCCCCC. The van der Waals surface area contributed by atoms with Crippen LogP contribution in [0, 0.1) is 0 Å². The fourth-order valence-electron chi connectivity index (χ4n) is 7.93. The van der Waals surface area contributed by atoms with Crippen LogP contribution in [0.2, 0.25) is 0 Å². The lowest BCUT2D eigenvalue weighted by molar-refractivity contribution is -0.166. The molecule has 0 radical (unpaired) electrons. The minimum atomic E-state index is -0.824. The minimum Gasteiger partial charge on any atom is -0.462 e. The molecule has 0 aromatic heterocycles. The van der Waals surface area contributed by atoms with Crippen LogP contribution in [-0.4, -0.2) is 37.2 Å². The summed E-state index contributed by atoms with van der Waals surface area (Å²) in [6.45, 7) is 6.45. The molecule has 1 unspecified atom stereocenters. The number of carbonyl (C=O) groups excluding carboxylic acids is 3. The second-order valence-electron chi connectivity index (χ2n) is 18.5. The second-order valence-corrected chi connectivity index (χ2v) is 18.5. The third kappa shape index (κ3) is 51.9. The highest BCUT2D eigenvalue weighted by Gasteiger charge is 2.19. The molecule has 0 bridgehead atoms. The molecule has 0 saturated carbocycles. The van der Waals surface area contributed by atoms with Gasteiger partial charge < -0.3 is 14.2 Å². The van der Waals surface area contributed by atoms with Gasteiger partial charge in [0.1, 0.15) is 13.2 Å². The van der Waals surface area contributed by atoms with Gasteiger partial charge in [-0.2, -0.15) is 0 Å². The number of ether oxygens (including phenoxy) is 3. The molecule has 0 N–H and O–H groups in total. The maximum Gasteiger partial charge on any atom is 0.310 e. The first-order valence-electron chi connectivity index (χ1n) is 27.8. The van der Waals surface area contributed by atoms with Crippen LogP contribution in [0.5, 0.6) is 0 Å². The van der Waals surface area contributed by atoms with Gasteiger partial charge in [-0.1, -0.05) is 274 Å². The first-order chi connectivity index (χ1) is 32.0. The Morgan fingerprint density at radius 1 is 0.323 bits per heavy atom. The Morgan fingerprint density at radius 3 is 0.877 bits per heavy atom. The predicted octanol–water partition coefficient (Wildman–Crippen LogP) is 18.4. The van der Waals surface area contributed by atoms with E-state index in [1.165, 1.54) is 167 Å². The van der Waals surface area contributed by atoms with Crippen LogP contribution < -0.4 is 0 Å². The summed E-state index contributed by atoms with van der Waals surface area (Å²) in [5, 5.41) is 0. The molecule has 0 amide bonds. The zero-order valence-electron chi connectivity index (χ0n) is 43.0. The number of unbranched alkanes of at least 4 members (excludes halogenated alkanes) is 30. The van der Waals surface area contributed by atoms with Gasteiger partial charge in [-0.05, 0) is 44.9 Å². The largest absolute Gasteiger partial charge is 0.462 e. The van der Waals surface area contributed by atoms with Gasteiger partial charge in [-0.3, -0.25) is 14.4 Å². The average Bonchev–Trinajstić information content (AvgIpc) is 3.30. The van der Waals surface area contributed by atoms with Crippen molar-refractivity contribution in [2.45, 2.75) is 284 Å². The zero-order chi connectivity index (χ0) is 47.2. The van der Waals surface area contributed by atoms with Crippen LogP contribution >= 0.6 is 0 Å². The number of carbonyl (C=O) groups is 3. The number of hydrogen-bond acceptors (Lipinski definition) is 6. The molecule has 0 spiro atoms. The van der Waals surface area contributed by atoms with E-state index in [0.29, 0.717) is 12.8 Å². The van der Waals surface area contributed by atoms with Gasteiger partial charge in [-0.25, -0.2) is 0 Å². The number of esters is 3. The second kappa shape index (κ2) is 53.7. The summed E-state index contributed by atoms with van der Waals surface area (Å²) in [5.41, 5.74) is 0. The minimum absolute atomic E-state index is 0.101. The van der Waals surface area contributed by atoms with Crippen molar-refractivity contribution >= 4 is 17.9 Å². The molecule has 6 nitrogen and oxygen atoms in total. The fraction of sp³-hybridized carbons (Fsp3) is 0.780. The Hall–Kier alpha value is -2.89. The Bertz CT molecular complexity index is 1180. The molecular formula is C59H104O6. The van der Waals surface area contributed by atoms with Crippen molar-refractivity contribution in [3.8, 4) is 0 Å². The van der Waals surface area contributed by atoms with Gasteiger partial charge >= 0.3 is 17.9 Å². The summed E-state index contributed by atoms with van der Waals surface area (Å²) in [6, 6.07) is 0. The van der Waals surface area contributed by atoms with Gasteiger partial charge in [0.05, 0.1) is 6.42 Å². The molecular weight excluding hydrogens is 805 g/mol. The monoisotopic (exact) mass is 909 g/mol. The lowest BCUT2D eigenvalue weighted by Crippen LogP contribution is -2.30. The normalized spacial score (nSPS) is 12.5. The zero-order valence-corrected chi connectivity index (χ0v) is 43.0. The summed E-state index contributed by atoms with van der Waals surface area (Å²) in [7, 11) is 0. The highest BCUT2D eigenvalue weighted by molar-refractivity contribution is 5.72. The van der Waals surface area contributed by atoms with Gasteiger partial charge in [0.15, 0.2) is 6.10 Å². The maximum absolute atomic E-state index is 12.7. The van der Waals surface area contributed by atoms with Crippen LogP contribution in [0.3, 0.4) is 0 Å². The summed E-state index contributed by atoms with van der Waals surface area (Å²) >= 11 is 0. The van der Waals surface area contributed by atoms with Crippen molar-refractivity contribution in [3.05, 3.63) is 60.8 Å². The molecule has 0 aromatic rings. The van der Waals surface area contributed by atoms with E-state index in [0.717, 1.165) is 70.6 Å². The summed E-state index contributed by atoms with van der Waals surface area (Å²) in [5.74, 6) is -1.03. The van der Waals surface area contributed by atoms with E-state index in [-0.39, 0.29) is 31.6 Å². The van der Waals surface area contributed by atoms with E-state index in [2.05, 4.69) is 69.4 Å². The molecule has 0 heterocycles. The molecule has 0 aliphatic heterocycles. The number of allylic oxidation sites excluding steroid dienone is 9. The molecule has 0 rings (SSSR count). The van der Waals surface area contributed by atoms with Crippen molar-refractivity contribution in [2.75, 3.05) is 13.2 Å². The predicted molar refractivity (Wildman–Crippen MR) is 279 cm³/mol. The summed E-state index contributed by atoms with van der Waals surface area (Å²) in [6.07, 6.45) is 66.8. The lowest BCUT2D eigenvalue weighted by Gasteiger charge is -2.18. The molecule has 6 heteroatoms. The smallest absolute Gasteiger partial charge is 0.310 e. The standard InChI is InChI=1S/C59H104O6/c1-4-7-10-13-16-19-22-24-26-27-28-29-30-31-32-34-35-37-40-43-46-49-52-58(61)64-55-56(54-63-57(60)51-48-45-42-39-21-18-15-12-9-6-3)65-59(62)53-50-47-44-41-38-36-33-25-23-20-17-14-11-8-5-2/h8,11,17,20,25,33,38,41,47,50,56H,4-7,9-10,12-16,18-19,21-24,26-32,34-37,39-40,42-46,48-49,51-55H2,1-3H3/b11-8-,20-17-,33-25-,41-38-,50-47-. The van der Waals surface area contributed by atoms with E-state index in [1.807, 2.05) is 6.08 Å². The fourth-order valence-corrected chi connectivity index (χ4v) is 7.93. The van der Waals surface area contributed by atoms with Gasteiger partial charge in [-0.15, -0.1) is 0 Å². The highest BCUT2D eigenvalue weighted by atomic mass is 16.6. The van der Waals surface area contributed by atoms with E-state index >= 15 is 0 Å². The molecule has 0 aliphatic carbocycles. The van der Waals surface area contributed by atoms with Crippen LogP contribution in [0.25, 0.3) is 0 Å². The van der Waals surface area contributed by atoms with Crippen molar-refractivity contribution in [1.29, 1.82) is 0 Å². The van der Waals surface area contributed by atoms with E-state index in [9.17, 15) is 14.4 Å².